The Labute approximate surface area is 134 Å². The minimum absolute atomic E-state index is 0.274. The topological polar surface area (TPSA) is 58.2 Å². The fourth-order valence-corrected chi connectivity index (χ4v) is 2.17. The molecule has 0 saturated heterocycles. The van der Waals surface area contributed by atoms with Crippen LogP contribution in [0.1, 0.15) is 16.7 Å². The van der Waals surface area contributed by atoms with Crippen molar-refractivity contribution in [2.24, 2.45) is 0 Å². The Hall–Kier alpha value is -2.33. The van der Waals surface area contributed by atoms with Gasteiger partial charge in [-0.05, 0) is 42.7 Å². The van der Waals surface area contributed by atoms with Gasteiger partial charge in [0.2, 0.25) is 0 Å². The number of carbonyl (C=O) groups excluding carboxylic acids is 2. The van der Waals surface area contributed by atoms with E-state index in [1.165, 1.54) is 0 Å². The van der Waals surface area contributed by atoms with E-state index in [2.05, 4.69) is 10.6 Å². The van der Waals surface area contributed by atoms with Gasteiger partial charge in [0.1, 0.15) is 0 Å². The van der Waals surface area contributed by atoms with Gasteiger partial charge in [-0.15, -0.1) is 0 Å². The maximum Gasteiger partial charge on any atom is 0.313 e. The Morgan fingerprint density at radius 1 is 0.955 bits per heavy atom. The van der Waals surface area contributed by atoms with E-state index in [0.717, 1.165) is 16.7 Å². The van der Waals surface area contributed by atoms with E-state index < -0.39 is 11.8 Å². The lowest BCUT2D eigenvalue weighted by atomic mass is 10.1. The van der Waals surface area contributed by atoms with Crippen molar-refractivity contribution >= 4 is 29.1 Å². The molecule has 2 N–H and O–H groups in total. The summed E-state index contributed by atoms with van der Waals surface area (Å²) < 4.78 is 0. The maximum absolute atomic E-state index is 11.9. The first-order valence-corrected chi connectivity index (χ1v) is 7.25. The van der Waals surface area contributed by atoms with Crippen LogP contribution in [0, 0.1) is 13.8 Å². The Bertz CT molecular complexity index is 676. The van der Waals surface area contributed by atoms with Crippen molar-refractivity contribution in [2.45, 2.75) is 20.4 Å². The van der Waals surface area contributed by atoms with E-state index in [0.29, 0.717) is 10.7 Å². The fourth-order valence-electron chi connectivity index (χ4n) is 2.05. The number of benzene rings is 2. The van der Waals surface area contributed by atoms with Crippen LogP contribution in [0.15, 0.2) is 42.5 Å². The molecule has 0 atom stereocenters. The van der Waals surface area contributed by atoms with Crippen LogP contribution in [-0.2, 0) is 16.1 Å². The maximum atomic E-state index is 11.9. The molecule has 0 unspecified atom stereocenters. The summed E-state index contributed by atoms with van der Waals surface area (Å²) in [5, 5.41) is 5.86. The highest BCUT2D eigenvalue weighted by atomic mass is 35.5. The molecule has 2 amide bonds. The van der Waals surface area contributed by atoms with Crippen LogP contribution < -0.4 is 10.6 Å². The highest BCUT2D eigenvalue weighted by Gasteiger charge is 2.15. The van der Waals surface area contributed by atoms with Crippen LogP contribution in [-0.4, -0.2) is 11.8 Å². The molecule has 22 heavy (non-hydrogen) atoms. The Kier molecular flexibility index (Phi) is 5.17. The van der Waals surface area contributed by atoms with E-state index in [-0.39, 0.29) is 6.54 Å². The smallest absolute Gasteiger partial charge is 0.313 e. The minimum Gasteiger partial charge on any atom is -0.344 e. The van der Waals surface area contributed by atoms with Gasteiger partial charge in [0, 0.05) is 17.3 Å². The average Bonchev–Trinajstić information content (AvgIpc) is 2.50. The highest BCUT2D eigenvalue weighted by molar-refractivity contribution is 6.39. The summed E-state index contributed by atoms with van der Waals surface area (Å²) in [6, 6.07) is 12.7. The summed E-state index contributed by atoms with van der Waals surface area (Å²) in [6.45, 7) is 4.04. The number of hydrogen-bond acceptors (Lipinski definition) is 2. The fraction of sp³-hybridized carbons (Fsp3) is 0.176. The first kappa shape index (κ1) is 16.0. The number of hydrogen-bond donors (Lipinski definition) is 2. The van der Waals surface area contributed by atoms with Crippen LogP contribution in [0.4, 0.5) is 5.69 Å². The SMILES string of the molecule is Cc1cccc(C)c1NC(=O)C(=O)NCc1ccc(Cl)cc1. The Morgan fingerprint density at radius 3 is 2.14 bits per heavy atom. The lowest BCUT2D eigenvalue weighted by Gasteiger charge is -2.11. The second kappa shape index (κ2) is 7.09. The summed E-state index contributed by atoms with van der Waals surface area (Å²) in [5.74, 6) is -1.34. The number of halogens is 1. The standard InChI is InChI=1S/C17H17ClN2O2/c1-11-4-3-5-12(2)15(11)20-17(22)16(21)19-10-13-6-8-14(18)9-7-13/h3-9H,10H2,1-2H3,(H,19,21)(H,20,22). The van der Waals surface area contributed by atoms with E-state index in [1.807, 2.05) is 32.0 Å². The molecule has 2 aromatic rings. The monoisotopic (exact) mass is 316 g/mol. The molecule has 0 fully saturated rings. The van der Waals surface area contributed by atoms with Crippen molar-refractivity contribution in [3.63, 3.8) is 0 Å². The van der Waals surface area contributed by atoms with E-state index in [4.69, 9.17) is 11.6 Å². The second-order valence-corrected chi connectivity index (χ2v) is 5.47. The summed E-state index contributed by atoms with van der Waals surface area (Å²) in [7, 11) is 0. The molecule has 0 saturated carbocycles. The lowest BCUT2D eigenvalue weighted by molar-refractivity contribution is -0.136. The number of nitrogens with one attached hydrogen (secondary N) is 2. The molecular formula is C17H17ClN2O2. The minimum atomic E-state index is -0.675. The Morgan fingerprint density at radius 2 is 1.55 bits per heavy atom. The molecule has 2 rings (SSSR count). The van der Waals surface area contributed by atoms with Gasteiger partial charge in [-0.2, -0.15) is 0 Å². The predicted molar refractivity (Wildman–Crippen MR) is 87.8 cm³/mol. The van der Waals surface area contributed by atoms with Crippen molar-refractivity contribution in [1.29, 1.82) is 0 Å². The molecule has 5 heteroatoms. The molecule has 0 aliphatic heterocycles. The summed E-state index contributed by atoms with van der Waals surface area (Å²) >= 11 is 5.79. The molecule has 0 spiro atoms. The number of carbonyl (C=O) groups is 2. The summed E-state index contributed by atoms with van der Waals surface area (Å²) in [5.41, 5.74) is 3.38. The zero-order chi connectivity index (χ0) is 16.1. The molecule has 0 aliphatic rings. The van der Waals surface area contributed by atoms with Gasteiger partial charge >= 0.3 is 11.8 Å². The van der Waals surface area contributed by atoms with E-state index in [9.17, 15) is 9.59 Å². The molecule has 114 valence electrons. The van der Waals surface area contributed by atoms with Gasteiger partial charge in [0.15, 0.2) is 0 Å². The quantitative estimate of drug-likeness (QED) is 0.854. The molecule has 0 aromatic heterocycles. The Balaban J connectivity index is 1.95. The molecule has 0 aliphatic carbocycles. The molecule has 0 radical (unpaired) electrons. The van der Waals surface area contributed by atoms with Crippen LogP contribution in [0.25, 0.3) is 0 Å². The van der Waals surface area contributed by atoms with Crippen molar-refractivity contribution in [2.75, 3.05) is 5.32 Å². The zero-order valence-electron chi connectivity index (χ0n) is 12.4. The molecule has 0 heterocycles. The highest BCUT2D eigenvalue weighted by Crippen LogP contribution is 2.19. The number of aryl methyl sites for hydroxylation is 2. The molecule has 4 nitrogen and oxygen atoms in total. The second-order valence-electron chi connectivity index (χ2n) is 5.03. The third-order valence-electron chi connectivity index (χ3n) is 3.29. The van der Waals surface area contributed by atoms with Gasteiger partial charge in [-0.25, -0.2) is 0 Å². The summed E-state index contributed by atoms with van der Waals surface area (Å²) in [6.07, 6.45) is 0. The number of para-hydroxylation sites is 1. The third-order valence-corrected chi connectivity index (χ3v) is 3.54. The van der Waals surface area contributed by atoms with Crippen molar-refractivity contribution in [3.8, 4) is 0 Å². The normalized spacial score (nSPS) is 10.1. The number of amides is 2. The third kappa shape index (κ3) is 4.09. The number of rotatable bonds is 3. The van der Waals surface area contributed by atoms with Gasteiger partial charge in [0.25, 0.3) is 0 Å². The van der Waals surface area contributed by atoms with Crippen molar-refractivity contribution in [1.82, 2.24) is 5.32 Å². The lowest BCUT2D eigenvalue weighted by Crippen LogP contribution is -2.35. The van der Waals surface area contributed by atoms with Gasteiger partial charge in [-0.3, -0.25) is 9.59 Å². The first-order chi connectivity index (χ1) is 10.5. The van der Waals surface area contributed by atoms with E-state index in [1.54, 1.807) is 24.3 Å². The van der Waals surface area contributed by atoms with Crippen molar-refractivity contribution in [3.05, 3.63) is 64.2 Å². The van der Waals surface area contributed by atoms with Gasteiger partial charge < -0.3 is 10.6 Å². The summed E-state index contributed by atoms with van der Waals surface area (Å²) in [4.78, 5) is 23.8. The largest absolute Gasteiger partial charge is 0.344 e. The zero-order valence-corrected chi connectivity index (χ0v) is 13.2. The van der Waals surface area contributed by atoms with E-state index >= 15 is 0 Å². The van der Waals surface area contributed by atoms with Gasteiger partial charge in [-0.1, -0.05) is 41.9 Å². The van der Waals surface area contributed by atoms with Crippen LogP contribution >= 0.6 is 11.6 Å². The van der Waals surface area contributed by atoms with Crippen LogP contribution in [0.2, 0.25) is 5.02 Å². The predicted octanol–water partition coefficient (Wildman–Crippen LogP) is 3.21. The molecule has 2 aromatic carbocycles. The van der Waals surface area contributed by atoms with Crippen LogP contribution in [0.5, 0.6) is 0 Å². The molecule has 0 bridgehead atoms. The number of anilines is 1. The average molecular weight is 317 g/mol. The van der Waals surface area contributed by atoms with Gasteiger partial charge in [0.05, 0.1) is 0 Å². The van der Waals surface area contributed by atoms with Crippen molar-refractivity contribution < 1.29 is 9.59 Å². The first-order valence-electron chi connectivity index (χ1n) is 6.87. The molecular weight excluding hydrogens is 300 g/mol. The van der Waals surface area contributed by atoms with Crippen LogP contribution in [0.3, 0.4) is 0 Å².